The van der Waals surface area contributed by atoms with E-state index in [1.54, 1.807) is 24.0 Å². The predicted octanol–water partition coefficient (Wildman–Crippen LogP) is 2.34. The van der Waals surface area contributed by atoms with E-state index in [2.05, 4.69) is 15.2 Å². The highest BCUT2D eigenvalue weighted by atomic mass is 16.5. The van der Waals surface area contributed by atoms with Crippen molar-refractivity contribution in [1.29, 1.82) is 0 Å². The fourth-order valence-corrected chi connectivity index (χ4v) is 3.73. The lowest BCUT2D eigenvalue weighted by Crippen LogP contribution is -2.35. The van der Waals surface area contributed by atoms with Crippen LogP contribution < -0.4 is 0 Å². The summed E-state index contributed by atoms with van der Waals surface area (Å²) in [5, 5.41) is 19.1. The average molecular weight is 389 g/mol. The van der Waals surface area contributed by atoms with Crippen LogP contribution in [0.25, 0.3) is 33.5 Å². The molecule has 5 rings (SSSR count). The molecule has 4 heterocycles. The highest BCUT2D eigenvalue weighted by molar-refractivity contribution is 5.88. The van der Waals surface area contributed by atoms with Gasteiger partial charge in [-0.15, -0.1) is 0 Å². The van der Waals surface area contributed by atoms with E-state index in [0.29, 0.717) is 12.2 Å². The third-order valence-corrected chi connectivity index (χ3v) is 5.49. The number of hydrogen-bond acceptors (Lipinski definition) is 6. The van der Waals surface area contributed by atoms with E-state index in [1.807, 2.05) is 43.4 Å². The number of aliphatic hydroxyl groups is 1. The Kier molecular flexibility index (Phi) is 3.78. The van der Waals surface area contributed by atoms with Crippen molar-refractivity contribution in [2.45, 2.75) is 12.0 Å². The Labute approximate surface area is 166 Å². The lowest BCUT2D eigenvalue weighted by atomic mass is 9.97. The summed E-state index contributed by atoms with van der Waals surface area (Å²) in [6, 6.07) is 13.3. The van der Waals surface area contributed by atoms with Crippen molar-refractivity contribution >= 4 is 16.9 Å². The minimum Gasteiger partial charge on any atom is -0.373 e. The Morgan fingerprint density at radius 3 is 2.66 bits per heavy atom. The molecule has 8 heteroatoms. The topological polar surface area (TPSA) is 97.3 Å². The van der Waals surface area contributed by atoms with Gasteiger partial charge in [0.2, 0.25) is 5.60 Å². The van der Waals surface area contributed by atoms with Gasteiger partial charge in [-0.05, 0) is 18.2 Å². The summed E-state index contributed by atoms with van der Waals surface area (Å²) >= 11 is 0. The van der Waals surface area contributed by atoms with Crippen molar-refractivity contribution in [3.63, 3.8) is 0 Å². The molecule has 4 aromatic rings. The van der Waals surface area contributed by atoms with Crippen LogP contribution in [-0.4, -0.2) is 49.4 Å². The van der Waals surface area contributed by atoms with E-state index in [-0.39, 0.29) is 18.1 Å². The van der Waals surface area contributed by atoms with Gasteiger partial charge in [-0.25, -0.2) is 4.98 Å². The van der Waals surface area contributed by atoms with E-state index in [1.165, 1.54) is 4.90 Å². The van der Waals surface area contributed by atoms with Gasteiger partial charge < -0.3 is 14.5 Å². The third kappa shape index (κ3) is 2.72. The molecule has 1 amide bonds. The van der Waals surface area contributed by atoms with E-state index in [0.717, 1.165) is 27.9 Å². The van der Waals surface area contributed by atoms with Crippen LogP contribution in [0.3, 0.4) is 0 Å². The number of benzene rings is 1. The first kappa shape index (κ1) is 17.6. The first-order valence-electron chi connectivity index (χ1n) is 9.30. The molecular weight excluding hydrogens is 370 g/mol. The third-order valence-electron chi connectivity index (χ3n) is 5.49. The number of aromatic nitrogens is 4. The fourth-order valence-electron chi connectivity index (χ4n) is 3.73. The van der Waals surface area contributed by atoms with Crippen LogP contribution in [-0.2, 0) is 17.4 Å². The maximum Gasteiger partial charge on any atom is 0.262 e. The maximum atomic E-state index is 12.3. The van der Waals surface area contributed by atoms with Crippen LogP contribution in [0.1, 0.15) is 12.2 Å². The van der Waals surface area contributed by atoms with Crippen LogP contribution in [0.2, 0.25) is 0 Å². The predicted molar refractivity (Wildman–Crippen MR) is 106 cm³/mol. The van der Waals surface area contributed by atoms with Crippen molar-refractivity contribution in [2.75, 3.05) is 13.6 Å². The Bertz CT molecular complexity index is 1240. The lowest BCUT2D eigenvalue weighted by Gasteiger charge is -2.16. The quantitative estimate of drug-likeness (QED) is 0.578. The van der Waals surface area contributed by atoms with Gasteiger partial charge in [0.1, 0.15) is 11.2 Å². The van der Waals surface area contributed by atoms with E-state index in [4.69, 9.17) is 4.52 Å². The van der Waals surface area contributed by atoms with Gasteiger partial charge in [0.25, 0.3) is 5.91 Å². The molecule has 0 saturated carbocycles. The Morgan fingerprint density at radius 2 is 1.90 bits per heavy atom. The normalized spacial score (nSPS) is 19.4. The Hall–Kier alpha value is -3.52. The zero-order chi connectivity index (χ0) is 20.2. The highest BCUT2D eigenvalue weighted by Crippen LogP contribution is 2.35. The monoisotopic (exact) mass is 389 g/mol. The van der Waals surface area contributed by atoms with E-state index >= 15 is 0 Å². The minimum atomic E-state index is -1.65. The average Bonchev–Trinajstić information content (AvgIpc) is 3.44. The Balaban J connectivity index is 1.50. The number of likely N-dealkylation sites (tertiary alicyclic amines) is 1. The number of likely N-dealkylation sites (N-methyl/N-ethyl adjacent to an activating group) is 1. The minimum absolute atomic E-state index is 0.169. The molecule has 1 N–H and O–H groups in total. The molecule has 29 heavy (non-hydrogen) atoms. The number of amides is 1. The summed E-state index contributed by atoms with van der Waals surface area (Å²) in [6.45, 7) is 0.476. The van der Waals surface area contributed by atoms with Crippen molar-refractivity contribution in [2.24, 2.45) is 7.05 Å². The van der Waals surface area contributed by atoms with Gasteiger partial charge >= 0.3 is 0 Å². The fraction of sp³-hybridized carbons (Fsp3) is 0.238. The van der Waals surface area contributed by atoms with Crippen molar-refractivity contribution in [1.82, 2.24) is 24.8 Å². The Morgan fingerprint density at radius 1 is 1.10 bits per heavy atom. The van der Waals surface area contributed by atoms with Crippen molar-refractivity contribution in [3.05, 3.63) is 54.4 Å². The van der Waals surface area contributed by atoms with Crippen LogP contribution in [0.15, 0.2) is 53.2 Å². The molecule has 1 aliphatic heterocycles. The summed E-state index contributed by atoms with van der Waals surface area (Å²) in [5.74, 6) is -0.204. The number of pyridine rings is 1. The zero-order valence-electron chi connectivity index (χ0n) is 16.0. The number of nitrogens with zero attached hydrogens (tertiary/aromatic N) is 5. The first-order chi connectivity index (χ1) is 14.0. The van der Waals surface area contributed by atoms with Crippen LogP contribution in [0, 0.1) is 0 Å². The SMILES string of the molecule is CN1CCC(O)(c2cc(-c3cccc(-c4ccc5c(cnn5C)n4)c3)no2)C1=O. The largest absolute Gasteiger partial charge is 0.373 e. The van der Waals surface area contributed by atoms with Crippen molar-refractivity contribution in [3.8, 4) is 22.5 Å². The number of aryl methyl sites for hydroxylation is 1. The molecule has 0 spiro atoms. The molecule has 1 fully saturated rings. The van der Waals surface area contributed by atoms with Gasteiger partial charge in [0, 0.05) is 44.3 Å². The molecular formula is C21H19N5O3. The molecule has 1 saturated heterocycles. The second-order valence-electron chi connectivity index (χ2n) is 7.36. The molecule has 1 atom stereocenters. The molecule has 8 nitrogen and oxygen atoms in total. The summed E-state index contributed by atoms with van der Waals surface area (Å²) in [6.07, 6.45) is 2.02. The maximum absolute atomic E-state index is 12.3. The summed E-state index contributed by atoms with van der Waals surface area (Å²) in [7, 11) is 3.54. The second-order valence-corrected chi connectivity index (χ2v) is 7.36. The molecule has 0 radical (unpaired) electrons. The van der Waals surface area contributed by atoms with Crippen LogP contribution in [0.4, 0.5) is 0 Å². The number of carbonyl (C=O) groups excluding carboxylic acids is 1. The van der Waals surface area contributed by atoms with E-state index < -0.39 is 5.60 Å². The number of carbonyl (C=O) groups is 1. The summed E-state index contributed by atoms with van der Waals surface area (Å²) in [4.78, 5) is 18.5. The lowest BCUT2D eigenvalue weighted by molar-refractivity contribution is -0.144. The smallest absolute Gasteiger partial charge is 0.262 e. The number of rotatable bonds is 3. The number of hydrogen-bond donors (Lipinski definition) is 1. The molecule has 0 aliphatic carbocycles. The molecule has 146 valence electrons. The first-order valence-corrected chi connectivity index (χ1v) is 9.30. The second kappa shape index (κ2) is 6.25. The van der Waals surface area contributed by atoms with E-state index in [9.17, 15) is 9.90 Å². The molecule has 1 aliphatic rings. The molecule has 3 aromatic heterocycles. The summed E-state index contributed by atoms with van der Waals surface area (Å²) < 4.78 is 7.14. The number of fused-ring (bicyclic) bond motifs is 1. The van der Waals surface area contributed by atoms with Crippen LogP contribution in [0.5, 0.6) is 0 Å². The summed E-state index contributed by atoms with van der Waals surface area (Å²) in [5.41, 5.74) is 3.25. The standard InChI is InChI=1S/C21H19N5O3/c1-25-9-8-21(28,20(25)27)19-11-16(24-29-19)14-5-3-4-13(10-14)15-6-7-18-17(23-15)12-22-26(18)2/h3-7,10-12,28H,8-9H2,1-2H3. The zero-order valence-corrected chi connectivity index (χ0v) is 16.0. The molecule has 1 aromatic carbocycles. The van der Waals surface area contributed by atoms with Gasteiger partial charge in [-0.2, -0.15) is 5.10 Å². The van der Waals surface area contributed by atoms with Gasteiger partial charge in [-0.1, -0.05) is 23.4 Å². The molecule has 0 bridgehead atoms. The van der Waals surface area contributed by atoms with Gasteiger partial charge in [-0.3, -0.25) is 9.48 Å². The van der Waals surface area contributed by atoms with Gasteiger partial charge in [0.05, 0.1) is 17.4 Å². The van der Waals surface area contributed by atoms with Crippen LogP contribution >= 0.6 is 0 Å². The van der Waals surface area contributed by atoms with Crippen molar-refractivity contribution < 1.29 is 14.4 Å². The highest BCUT2D eigenvalue weighted by Gasteiger charge is 2.48. The molecule has 1 unspecified atom stereocenters. The van der Waals surface area contributed by atoms with Gasteiger partial charge in [0.15, 0.2) is 5.76 Å².